The summed E-state index contributed by atoms with van der Waals surface area (Å²) in [6.45, 7) is 2.67. The van der Waals surface area contributed by atoms with Gasteiger partial charge in [-0.25, -0.2) is 0 Å². The van der Waals surface area contributed by atoms with Gasteiger partial charge in [0.15, 0.2) is 0 Å². The van der Waals surface area contributed by atoms with Crippen LogP contribution >= 0.6 is 22.6 Å². The predicted molar refractivity (Wildman–Crippen MR) is 130 cm³/mol. The molecule has 182 valence electrons. The van der Waals surface area contributed by atoms with E-state index in [0.29, 0.717) is 36.1 Å². The minimum atomic E-state index is -3.35. The molecule has 4 aliphatic carbocycles. The summed E-state index contributed by atoms with van der Waals surface area (Å²) in [7, 11) is -3.35. The average Bonchev–Trinajstić information content (AvgIpc) is 2.74. The third-order valence-electron chi connectivity index (χ3n) is 8.36. The number of carbonyl (C=O) groups excluding carboxylic acids is 2. The van der Waals surface area contributed by atoms with Gasteiger partial charge in [-0.3, -0.25) is 23.0 Å². The Morgan fingerprint density at radius 1 is 1.21 bits per heavy atom. The Balaban J connectivity index is 1.27. The molecular formula is C23H33ClN4O4S. The van der Waals surface area contributed by atoms with Gasteiger partial charge in [-0.05, 0) is 91.9 Å². The number of nitrogens with zero attached hydrogens (tertiary/aromatic N) is 2. The van der Waals surface area contributed by atoms with Crippen molar-refractivity contribution in [1.29, 1.82) is 0 Å². The largest absolute Gasteiger partial charge is 0.369 e. The Morgan fingerprint density at radius 3 is 2.58 bits per heavy atom. The summed E-state index contributed by atoms with van der Waals surface area (Å²) in [4.78, 5) is 25.2. The van der Waals surface area contributed by atoms with E-state index in [1.165, 1.54) is 4.31 Å². The monoisotopic (exact) mass is 496 g/mol. The molecule has 1 aromatic rings. The lowest BCUT2D eigenvalue weighted by atomic mass is 9.47. The maximum Gasteiger partial charge on any atom is 0.236 e. The van der Waals surface area contributed by atoms with E-state index in [4.69, 9.17) is 17.3 Å². The van der Waals surface area contributed by atoms with Crippen molar-refractivity contribution in [2.24, 2.45) is 28.9 Å². The lowest BCUT2D eigenvalue weighted by Gasteiger charge is -2.59. The number of primary amides is 1. The van der Waals surface area contributed by atoms with Crippen LogP contribution in [0.2, 0.25) is 5.02 Å². The van der Waals surface area contributed by atoms with Gasteiger partial charge in [0, 0.05) is 29.6 Å². The topological polar surface area (TPSA) is 119 Å². The fraction of sp³-hybridized carbons (Fsp3) is 0.652. The number of nitrogens with one attached hydrogen (secondary N) is 1. The highest BCUT2D eigenvalue weighted by molar-refractivity contribution is 8.23. The predicted octanol–water partition coefficient (Wildman–Crippen LogP) is 3.54. The van der Waals surface area contributed by atoms with Crippen LogP contribution in [0.15, 0.2) is 18.2 Å². The molecule has 5 N–H and O–H groups in total. The highest BCUT2D eigenvalue weighted by Gasteiger charge is 2.58. The number of hydrogen-bond acceptors (Lipinski definition) is 6. The number of carbonyl (C=O) groups is 2. The molecule has 33 heavy (non-hydrogen) atoms. The van der Waals surface area contributed by atoms with Crippen molar-refractivity contribution < 1.29 is 18.7 Å². The molecule has 1 saturated heterocycles. The third kappa shape index (κ3) is 3.91. The second-order valence-electron chi connectivity index (χ2n) is 10.4. The lowest BCUT2D eigenvalue weighted by Crippen LogP contribution is -2.62. The van der Waals surface area contributed by atoms with Crippen LogP contribution < -0.4 is 15.4 Å². The van der Waals surface area contributed by atoms with Crippen LogP contribution in [0.4, 0.5) is 5.69 Å². The normalized spacial score (nSPS) is 35.9. The molecule has 0 spiro atoms. The molecule has 0 aromatic heterocycles. The summed E-state index contributed by atoms with van der Waals surface area (Å²) in [5, 5.41) is 3.76. The Kier molecular flexibility index (Phi) is 5.85. The van der Waals surface area contributed by atoms with Crippen molar-refractivity contribution in [2.75, 3.05) is 23.9 Å². The first-order valence-electron chi connectivity index (χ1n) is 11.8. The zero-order valence-electron chi connectivity index (χ0n) is 18.9. The van der Waals surface area contributed by atoms with Crippen LogP contribution in [-0.2, 0) is 9.59 Å². The fourth-order valence-electron chi connectivity index (χ4n) is 7.01. The van der Waals surface area contributed by atoms with E-state index in [0.717, 1.165) is 37.7 Å². The second kappa shape index (κ2) is 8.30. The summed E-state index contributed by atoms with van der Waals surface area (Å²) in [6, 6.07) is 5.41. The minimum Gasteiger partial charge on any atom is -0.369 e. The molecule has 1 aromatic carbocycles. The number of amides is 2. The van der Waals surface area contributed by atoms with Crippen molar-refractivity contribution in [2.45, 2.75) is 51.5 Å². The molecule has 8 nitrogen and oxygen atoms in total. The number of halogens is 1. The minimum absolute atomic E-state index is 0.0272. The van der Waals surface area contributed by atoms with Crippen molar-refractivity contribution >= 4 is 40.1 Å². The Bertz CT molecular complexity index is 960. The van der Waals surface area contributed by atoms with Crippen molar-refractivity contribution in [1.82, 2.24) is 9.62 Å². The quantitative estimate of drug-likeness (QED) is 0.495. The standard InChI is InChI=1S/C23H33ClN4O4S/c1-14-18(24)4-2-5-19(14)28-7-3-6-27(33(28,31)32)13-20(29)26-21-16-8-15-9-17(21)12-23(10-15,11-16)22(25)30/h2,4-5,15-17,21,31-32H,3,6-13H2,1H3,(H2,25,30)(H,26,29). The van der Waals surface area contributed by atoms with Gasteiger partial charge < -0.3 is 11.1 Å². The molecule has 2 amide bonds. The smallest absolute Gasteiger partial charge is 0.236 e. The van der Waals surface area contributed by atoms with Crippen LogP contribution in [0.5, 0.6) is 0 Å². The zero-order valence-corrected chi connectivity index (χ0v) is 20.4. The Labute approximate surface area is 201 Å². The highest BCUT2D eigenvalue weighted by atomic mass is 35.5. The third-order valence-corrected chi connectivity index (χ3v) is 10.7. The Hall–Kier alpha value is -1.52. The summed E-state index contributed by atoms with van der Waals surface area (Å²) in [5.74, 6) is 0.655. The van der Waals surface area contributed by atoms with Gasteiger partial charge in [-0.15, -0.1) is 0 Å². The summed E-state index contributed by atoms with van der Waals surface area (Å²) in [6.07, 6.45) is 5.15. The van der Waals surface area contributed by atoms with Gasteiger partial charge in [-0.2, -0.15) is 4.31 Å². The van der Waals surface area contributed by atoms with Crippen LogP contribution in [0, 0.1) is 30.1 Å². The van der Waals surface area contributed by atoms with E-state index in [1.54, 1.807) is 16.4 Å². The maximum absolute atomic E-state index is 13.1. The zero-order chi connectivity index (χ0) is 23.5. The van der Waals surface area contributed by atoms with E-state index in [2.05, 4.69) is 5.32 Å². The summed E-state index contributed by atoms with van der Waals surface area (Å²) in [5.41, 5.74) is 6.83. The molecule has 1 heterocycles. The SMILES string of the molecule is Cc1c(Cl)cccc1N1CCCN(CC(=O)NC2C3CC4CC2CC(C(N)=O)(C4)C3)S1(O)O. The molecule has 4 bridgehead atoms. The van der Waals surface area contributed by atoms with E-state index >= 15 is 0 Å². The fourth-order valence-corrected chi connectivity index (χ4v) is 8.96. The summed E-state index contributed by atoms with van der Waals surface area (Å²) >= 11 is 6.26. The molecule has 4 saturated carbocycles. The van der Waals surface area contributed by atoms with E-state index in [-0.39, 0.29) is 36.2 Å². The second-order valence-corrected chi connectivity index (χ2v) is 12.7. The number of anilines is 1. The van der Waals surface area contributed by atoms with Crippen LogP contribution in [-0.4, -0.2) is 50.9 Å². The first kappa shape index (κ1) is 23.2. The van der Waals surface area contributed by atoms with E-state index in [9.17, 15) is 18.7 Å². The molecule has 0 radical (unpaired) electrons. The van der Waals surface area contributed by atoms with Crippen molar-refractivity contribution in [3.63, 3.8) is 0 Å². The van der Waals surface area contributed by atoms with E-state index < -0.39 is 16.4 Å². The first-order chi connectivity index (χ1) is 15.6. The molecule has 2 atom stereocenters. The number of benzene rings is 1. The molecule has 5 aliphatic rings. The van der Waals surface area contributed by atoms with E-state index in [1.807, 2.05) is 13.0 Å². The van der Waals surface area contributed by atoms with Crippen LogP contribution in [0.25, 0.3) is 0 Å². The average molecular weight is 497 g/mol. The molecular weight excluding hydrogens is 464 g/mol. The number of rotatable bonds is 5. The lowest BCUT2D eigenvalue weighted by molar-refractivity contribution is -0.147. The van der Waals surface area contributed by atoms with Gasteiger partial charge in [0.1, 0.15) is 0 Å². The van der Waals surface area contributed by atoms with Crippen LogP contribution in [0.3, 0.4) is 0 Å². The van der Waals surface area contributed by atoms with Gasteiger partial charge in [0.25, 0.3) is 0 Å². The Morgan fingerprint density at radius 2 is 1.91 bits per heavy atom. The molecule has 2 unspecified atom stereocenters. The molecule has 1 aliphatic heterocycles. The highest BCUT2D eigenvalue weighted by Crippen LogP contribution is 2.60. The maximum atomic E-state index is 13.1. The molecule has 10 heteroatoms. The van der Waals surface area contributed by atoms with Crippen LogP contribution in [0.1, 0.15) is 44.1 Å². The van der Waals surface area contributed by atoms with Gasteiger partial charge in [0.05, 0.1) is 12.2 Å². The molecule has 5 fully saturated rings. The van der Waals surface area contributed by atoms with Crippen molar-refractivity contribution in [3.05, 3.63) is 28.8 Å². The van der Waals surface area contributed by atoms with Gasteiger partial charge in [-0.1, -0.05) is 17.7 Å². The molecule has 6 rings (SSSR count). The number of nitrogens with two attached hydrogens (primary N) is 1. The summed E-state index contributed by atoms with van der Waals surface area (Å²) < 4.78 is 25.3. The van der Waals surface area contributed by atoms with Gasteiger partial charge >= 0.3 is 0 Å². The van der Waals surface area contributed by atoms with Gasteiger partial charge in [0.2, 0.25) is 11.8 Å². The number of hydrogen-bond donors (Lipinski definition) is 4. The van der Waals surface area contributed by atoms with Crippen molar-refractivity contribution in [3.8, 4) is 0 Å². The first-order valence-corrected chi connectivity index (χ1v) is 13.6.